The molecular formula is C6H10O4. The zero-order chi connectivity index (χ0) is 7.14. The minimum Gasteiger partial charge on any atom is -0.394 e. The number of epoxide rings is 1. The highest BCUT2D eigenvalue weighted by Gasteiger charge is 2.58. The van der Waals surface area contributed by atoms with Crippen molar-refractivity contribution < 1.29 is 19.3 Å². The van der Waals surface area contributed by atoms with Gasteiger partial charge in [0.1, 0.15) is 18.3 Å². The number of methoxy groups -OCH3 is 1. The number of hydrogen-bond acceptors (Lipinski definition) is 4. The quantitative estimate of drug-likeness (QED) is 0.514. The summed E-state index contributed by atoms with van der Waals surface area (Å²) in [6, 6.07) is 0. The molecule has 4 nitrogen and oxygen atoms in total. The van der Waals surface area contributed by atoms with E-state index in [0.717, 1.165) is 0 Å². The van der Waals surface area contributed by atoms with Crippen LogP contribution in [0, 0.1) is 0 Å². The van der Waals surface area contributed by atoms with Crippen molar-refractivity contribution in [3.05, 3.63) is 0 Å². The van der Waals surface area contributed by atoms with Crippen LogP contribution in [0.1, 0.15) is 0 Å². The minimum atomic E-state index is -0.262. The van der Waals surface area contributed by atoms with Gasteiger partial charge in [0.05, 0.1) is 6.61 Å². The SMILES string of the molecule is CO[C@@H]1O[C@H](CO)[C@H]2OC12. The van der Waals surface area contributed by atoms with Gasteiger partial charge in [-0.3, -0.25) is 0 Å². The Hall–Kier alpha value is -0.160. The van der Waals surface area contributed by atoms with Gasteiger partial charge in [0.2, 0.25) is 0 Å². The normalized spacial score (nSPS) is 51.0. The minimum absolute atomic E-state index is 0.0149. The molecule has 0 aliphatic carbocycles. The highest BCUT2D eigenvalue weighted by atomic mass is 16.8. The number of hydrogen-bond donors (Lipinski definition) is 1. The van der Waals surface area contributed by atoms with Gasteiger partial charge < -0.3 is 19.3 Å². The predicted molar refractivity (Wildman–Crippen MR) is 31.4 cm³/mol. The molecule has 4 heteroatoms. The molecule has 0 radical (unpaired) electrons. The molecule has 1 unspecified atom stereocenters. The molecule has 4 atom stereocenters. The van der Waals surface area contributed by atoms with Crippen molar-refractivity contribution in [2.45, 2.75) is 24.6 Å². The Morgan fingerprint density at radius 2 is 2.20 bits per heavy atom. The Kier molecular flexibility index (Phi) is 1.42. The lowest BCUT2D eigenvalue weighted by Crippen LogP contribution is -2.23. The molecule has 0 spiro atoms. The number of aliphatic hydroxyl groups is 1. The summed E-state index contributed by atoms with van der Waals surface area (Å²) in [6.45, 7) is 0.0149. The number of rotatable bonds is 2. The Labute approximate surface area is 58.7 Å². The third-order valence-corrected chi connectivity index (χ3v) is 1.92. The molecule has 0 aromatic heterocycles. The molecule has 0 saturated carbocycles. The molecule has 0 aromatic carbocycles. The summed E-state index contributed by atoms with van der Waals surface area (Å²) in [4.78, 5) is 0. The third kappa shape index (κ3) is 0.769. The lowest BCUT2D eigenvalue weighted by Gasteiger charge is -2.13. The molecule has 2 fully saturated rings. The van der Waals surface area contributed by atoms with Gasteiger partial charge in [0.25, 0.3) is 0 Å². The van der Waals surface area contributed by atoms with E-state index in [2.05, 4.69) is 0 Å². The first-order valence-electron chi connectivity index (χ1n) is 3.31. The fourth-order valence-electron chi connectivity index (χ4n) is 1.32. The summed E-state index contributed by atoms with van der Waals surface area (Å²) in [5.41, 5.74) is 0. The fraction of sp³-hybridized carbons (Fsp3) is 1.00. The van der Waals surface area contributed by atoms with E-state index in [4.69, 9.17) is 19.3 Å². The molecule has 0 bridgehead atoms. The van der Waals surface area contributed by atoms with Crippen LogP contribution >= 0.6 is 0 Å². The first-order chi connectivity index (χ1) is 4.86. The third-order valence-electron chi connectivity index (χ3n) is 1.92. The number of aliphatic hydroxyl groups excluding tert-OH is 1. The van der Waals surface area contributed by atoms with Crippen LogP contribution in [0.5, 0.6) is 0 Å². The van der Waals surface area contributed by atoms with Crippen LogP contribution in [0.3, 0.4) is 0 Å². The van der Waals surface area contributed by atoms with Gasteiger partial charge in [0.15, 0.2) is 6.29 Å². The lowest BCUT2D eigenvalue weighted by atomic mass is 10.2. The van der Waals surface area contributed by atoms with Gasteiger partial charge in [-0.05, 0) is 0 Å². The van der Waals surface area contributed by atoms with Crippen LogP contribution in [0.4, 0.5) is 0 Å². The Bertz CT molecular complexity index is 124. The maximum absolute atomic E-state index is 8.72. The summed E-state index contributed by atoms with van der Waals surface area (Å²) >= 11 is 0. The van der Waals surface area contributed by atoms with Gasteiger partial charge in [-0.15, -0.1) is 0 Å². The largest absolute Gasteiger partial charge is 0.394 e. The van der Waals surface area contributed by atoms with Crippen molar-refractivity contribution in [1.82, 2.24) is 0 Å². The average Bonchev–Trinajstić information content (AvgIpc) is 2.67. The topological polar surface area (TPSA) is 51.2 Å². The number of ether oxygens (including phenoxy) is 3. The average molecular weight is 146 g/mol. The molecule has 0 aromatic rings. The second-order valence-electron chi connectivity index (χ2n) is 2.53. The molecule has 2 saturated heterocycles. The van der Waals surface area contributed by atoms with Crippen molar-refractivity contribution in [2.24, 2.45) is 0 Å². The van der Waals surface area contributed by atoms with Crippen molar-refractivity contribution in [1.29, 1.82) is 0 Å². The highest BCUT2D eigenvalue weighted by molar-refractivity contribution is 4.99. The van der Waals surface area contributed by atoms with Crippen molar-refractivity contribution in [3.63, 3.8) is 0 Å². The molecule has 2 aliphatic rings. The second-order valence-corrected chi connectivity index (χ2v) is 2.53. The van der Waals surface area contributed by atoms with Gasteiger partial charge in [-0.2, -0.15) is 0 Å². The molecule has 58 valence electrons. The molecule has 10 heavy (non-hydrogen) atoms. The molecule has 2 aliphatic heterocycles. The van der Waals surface area contributed by atoms with Crippen LogP contribution in [-0.4, -0.2) is 43.4 Å². The molecular weight excluding hydrogens is 136 g/mol. The van der Waals surface area contributed by atoms with Crippen LogP contribution in [0.15, 0.2) is 0 Å². The monoisotopic (exact) mass is 146 g/mol. The van der Waals surface area contributed by atoms with Crippen molar-refractivity contribution >= 4 is 0 Å². The lowest BCUT2D eigenvalue weighted by molar-refractivity contribution is -0.166. The first kappa shape index (κ1) is 6.54. The summed E-state index contributed by atoms with van der Waals surface area (Å²) in [6.07, 6.45) is -0.283. The van der Waals surface area contributed by atoms with Gasteiger partial charge in [-0.1, -0.05) is 0 Å². The second kappa shape index (κ2) is 2.17. The smallest absolute Gasteiger partial charge is 0.186 e. The van der Waals surface area contributed by atoms with E-state index in [1.807, 2.05) is 0 Å². The van der Waals surface area contributed by atoms with Crippen LogP contribution < -0.4 is 0 Å². The van der Waals surface area contributed by atoms with E-state index in [-0.39, 0.29) is 31.2 Å². The van der Waals surface area contributed by atoms with E-state index in [1.54, 1.807) is 7.11 Å². The highest BCUT2D eigenvalue weighted by Crippen LogP contribution is 2.38. The Morgan fingerprint density at radius 1 is 1.40 bits per heavy atom. The molecule has 2 heterocycles. The van der Waals surface area contributed by atoms with E-state index < -0.39 is 0 Å². The van der Waals surface area contributed by atoms with Gasteiger partial charge in [0, 0.05) is 7.11 Å². The maximum atomic E-state index is 8.72. The summed E-state index contributed by atoms with van der Waals surface area (Å²) in [5.74, 6) is 0. The zero-order valence-electron chi connectivity index (χ0n) is 5.69. The fourth-order valence-corrected chi connectivity index (χ4v) is 1.32. The van der Waals surface area contributed by atoms with Gasteiger partial charge >= 0.3 is 0 Å². The van der Waals surface area contributed by atoms with Gasteiger partial charge in [-0.25, -0.2) is 0 Å². The molecule has 1 N–H and O–H groups in total. The summed E-state index contributed by atoms with van der Waals surface area (Å²) in [5, 5.41) is 8.72. The van der Waals surface area contributed by atoms with E-state index in [0.29, 0.717) is 0 Å². The van der Waals surface area contributed by atoms with E-state index in [9.17, 15) is 0 Å². The van der Waals surface area contributed by atoms with E-state index >= 15 is 0 Å². The van der Waals surface area contributed by atoms with Crippen molar-refractivity contribution in [3.8, 4) is 0 Å². The molecule has 2 rings (SSSR count). The zero-order valence-corrected chi connectivity index (χ0v) is 5.69. The molecule has 0 amide bonds. The van der Waals surface area contributed by atoms with Crippen LogP contribution in [-0.2, 0) is 14.2 Å². The maximum Gasteiger partial charge on any atom is 0.186 e. The Morgan fingerprint density at radius 3 is 2.60 bits per heavy atom. The first-order valence-corrected chi connectivity index (χ1v) is 3.31. The van der Waals surface area contributed by atoms with Crippen molar-refractivity contribution in [2.75, 3.05) is 13.7 Å². The predicted octanol–water partition coefficient (Wildman–Crippen LogP) is -0.883. The summed E-state index contributed by atoms with van der Waals surface area (Å²) in [7, 11) is 1.57. The standard InChI is InChI=1S/C6H10O4/c1-8-6-5-4(10-5)3(2-7)9-6/h3-7H,2H2,1H3/t3-,4-,5?,6-/m1/s1. The van der Waals surface area contributed by atoms with E-state index in [1.165, 1.54) is 0 Å². The Balaban J connectivity index is 1.95. The number of fused-ring (bicyclic) bond motifs is 1. The van der Waals surface area contributed by atoms with Crippen LogP contribution in [0.2, 0.25) is 0 Å². The van der Waals surface area contributed by atoms with Crippen LogP contribution in [0.25, 0.3) is 0 Å². The summed E-state index contributed by atoms with van der Waals surface area (Å²) < 4.78 is 15.3.